The number of carbonyl (C=O) groups excluding carboxylic acids is 1. The molecule has 1 aromatic carbocycles. The van der Waals surface area contributed by atoms with Gasteiger partial charge in [-0.1, -0.05) is 17.3 Å². The highest BCUT2D eigenvalue weighted by molar-refractivity contribution is 5.93. The quantitative estimate of drug-likeness (QED) is 0.747. The molecule has 1 amide bonds. The van der Waals surface area contributed by atoms with Gasteiger partial charge in [-0.3, -0.25) is 9.59 Å². The van der Waals surface area contributed by atoms with Crippen LogP contribution in [0.15, 0.2) is 58.0 Å². The summed E-state index contributed by atoms with van der Waals surface area (Å²) >= 11 is 0. The summed E-state index contributed by atoms with van der Waals surface area (Å²) < 4.78 is 10.5. The number of amides is 1. The van der Waals surface area contributed by atoms with Gasteiger partial charge in [0.25, 0.3) is 11.5 Å². The van der Waals surface area contributed by atoms with Crippen molar-refractivity contribution in [3.05, 3.63) is 70.3 Å². The fourth-order valence-corrected chi connectivity index (χ4v) is 2.17. The van der Waals surface area contributed by atoms with Crippen LogP contribution in [-0.2, 0) is 6.54 Å². The lowest BCUT2D eigenvalue weighted by Crippen LogP contribution is -2.28. The van der Waals surface area contributed by atoms with Crippen LogP contribution in [0.3, 0.4) is 0 Å². The van der Waals surface area contributed by atoms with Crippen molar-refractivity contribution < 1.29 is 14.1 Å². The van der Waals surface area contributed by atoms with Crippen LogP contribution in [-0.4, -0.2) is 23.2 Å². The molecule has 0 unspecified atom stereocenters. The van der Waals surface area contributed by atoms with E-state index in [4.69, 9.17) is 9.26 Å². The van der Waals surface area contributed by atoms with E-state index in [9.17, 15) is 9.59 Å². The Morgan fingerprint density at radius 1 is 1.29 bits per heavy atom. The van der Waals surface area contributed by atoms with Gasteiger partial charge in [-0.2, -0.15) is 0 Å². The molecule has 0 fully saturated rings. The van der Waals surface area contributed by atoms with Crippen LogP contribution in [0.4, 0.5) is 0 Å². The number of pyridine rings is 1. The number of ether oxygens (including phenoxy) is 1. The van der Waals surface area contributed by atoms with Gasteiger partial charge < -0.3 is 19.6 Å². The van der Waals surface area contributed by atoms with Gasteiger partial charge >= 0.3 is 0 Å². The summed E-state index contributed by atoms with van der Waals surface area (Å²) in [5, 5.41) is 6.56. The average molecular weight is 325 g/mol. The molecule has 0 saturated carbocycles. The fraction of sp³-hybridized carbons (Fsp3) is 0.118. The first-order chi connectivity index (χ1) is 11.7. The maximum absolute atomic E-state index is 12.0. The molecule has 3 rings (SSSR count). The smallest absolute Gasteiger partial charge is 0.260 e. The molecular weight excluding hydrogens is 310 g/mol. The third-order valence-electron chi connectivity index (χ3n) is 3.41. The lowest BCUT2D eigenvalue weighted by molar-refractivity contribution is 0.0948. The first-order valence-electron chi connectivity index (χ1n) is 7.23. The van der Waals surface area contributed by atoms with Crippen LogP contribution >= 0.6 is 0 Å². The molecule has 2 aromatic heterocycles. The normalized spacial score (nSPS) is 10.4. The van der Waals surface area contributed by atoms with Gasteiger partial charge in [-0.25, -0.2) is 0 Å². The van der Waals surface area contributed by atoms with Crippen LogP contribution in [0.2, 0.25) is 0 Å². The van der Waals surface area contributed by atoms with Crippen molar-refractivity contribution in [2.45, 2.75) is 6.54 Å². The monoisotopic (exact) mass is 325 g/mol. The summed E-state index contributed by atoms with van der Waals surface area (Å²) in [5.74, 6) is 0.806. The Morgan fingerprint density at radius 2 is 2.17 bits per heavy atom. The van der Waals surface area contributed by atoms with E-state index < -0.39 is 11.5 Å². The van der Waals surface area contributed by atoms with Crippen LogP contribution in [0.1, 0.15) is 16.1 Å². The number of aromatic nitrogens is 2. The molecule has 0 aliphatic rings. The third-order valence-corrected chi connectivity index (χ3v) is 3.41. The van der Waals surface area contributed by atoms with E-state index in [-0.39, 0.29) is 12.1 Å². The van der Waals surface area contributed by atoms with Crippen molar-refractivity contribution in [2.24, 2.45) is 0 Å². The number of nitrogens with one attached hydrogen (secondary N) is 2. The van der Waals surface area contributed by atoms with Crippen molar-refractivity contribution in [2.75, 3.05) is 7.11 Å². The lowest BCUT2D eigenvalue weighted by atomic mass is 10.1. The number of hydrogen-bond donors (Lipinski definition) is 2. The molecule has 0 aliphatic heterocycles. The summed E-state index contributed by atoms with van der Waals surface area (Å²) in [6, 6.07) is 12.1. The molecule has 0 radical (unpaired) electrons. The lowest BCUT2D eigenvalue weighted by Gasteiger charge is -2.01. The first-order valence-corrected chi connectivity index (χ1v) is 7.23. The van der Waals surface area contributed by atoms with Gasteiger partial charge in [0, 0.05) is 17.8 Å². The molecule has 7 nitrogen and oxygen atoms in total. The predicted molar refractivity (Wildman–Crippen MR) is 86.7 cm³/mol. The molecule has 0 bridgehead atoms. The zero-order valence-electron chi connectivity index (χ0n) is 12.9. The maximum Gasteiger partial charge on any atom is 0.260 e. The van der Waals surface area contributed by atoms with Crippen molar-refractivity contribution in [1.29, 1.82) is 0 Å². The zero-order valence-corrected chi connectivity index (χ0v) is 12.9. The standard InChI is InChI=1S/C17H15N3O4/c1-23-13-5-2-4-11(8-13)15-9-12(20-24-15)10-19-17(22)14-6-3-7-18-16(14)21/h2-9H,10H2,1H3,(H,18,21)(H,19,22). The summed E-state index contributed by atoms with van der Waals surface area (Å²) in [7, 11) is 1.59. The van der Waals surface area contributed by atoms with Gasteiger partial charge in [0.15, 0.2) is 5.76 Å². The molecule has 7 heteroatoms. The third kappa shape index (κ3) is 3.35. The molecule has 24 heavy (non-hydrogen) atoms. The highest BCUT2D eigenvalue weighted by Crippen LogP contribution is 2.24. The van der Waals surface area contributed by atoms with E-state index in [0.717, 1.165) is 5.56 Å². The number of rotatable bonds is 5. The molecule has 3 aromatic rings. The molecule has 0 spiro atoms. The fourth-order valence-electron chi connectivity index (χ4n) is 2.17. The van der Waals surface area contributed by atoms with E-state index in [1.54, 1.807) is 19.2 Å². The zero-order chi connectivity index (χ0) is 16.9. The van der Waals surface area contributed by atoms with Gasteiger partial charge in [0.1, 0.15) is 17.0 Å². The summed E-state index contributed by atoms with van der Waals surface area (Å²) in [5.41, 5.74) is 0.980. The number of carbonyl (C=O) groups is 1. The maximum atomic E-state index is 12.0. The second kappa shape index (κ2) is 6.82. The van der Waals surface area contributed by atoms with E-state index >= 15 is 0 Å². The highest BCUT2D eigenvalue weighted by atomic mass is 16.5. The van der Waals surface area contributed by atoms with E-state index in [0.29, 0.717) is 17.2 Å². The second-order valence-electron chi connectivity index (χ2n) is 5.01. The number of aromatic amines is 1. The molecule has 0 aliphatic carbocycles. The van der Waals surface area contributed by atoms with E-state index in [1.165, 1.54) is 12.3 Å². The molecule has 2 N–H and O–H groups in total. The topological polar surface area (TPSA) is 97.2 Å². The van der Waals surface area contributed by atoms with Crippen LogP contribution in [0.5, 0.6) is 5.75 Å². The minimum atomic E-state index is -0.470. The van der Waals surface area contributed by atoms with Gasteiger partial charge in [-0.05, 0) is 24.3 Å². The van der Waals surface area contributed by atoms with Gasteiger partial charge in [0.05, 0.1) is 13.7 Å². The highest BCUT2D eigenvalue weighted by Gasteiger charge is 2.12. The minimum absolute atomic E-state index is 0.0500. The Labute approximate surface area is 137 Å². The minimum Gasteiger partial charge on any atom is -0.497 e. The van der Waals surface area contributed by atoms with E-state index in [2.05, 4.69) is 15.5 Å². The summed E-state index contributed by atoms with van der Waals surface area (Å²) in [6.07, 6.45) is 1.47. The van der Waals surface area contributed by atoms with Gasteiger partial charge in [-0.15, -0.1) is 0 Å². The Kier molecular flexibility index (Phi) is 4.42. The van der Waals surface area contributed by atoms with Crippen LogP contribution in [0, 0.1) is 0 Å². The van der Waals surface area contributed by atoms with Crippen molar-refractivity contribution in [1.82, 2.24) is 15.5 Å². The van der Waals surface area contributed by atoms with E-state index in [1.807, 2.05) is 24.3 Å². The molecule has 122 valence electrons. The van der Waals surface area contributed by atoms with Crippen molar-refractivity contribution >= 4 is 5.91 Å². The number of benzene rings is 1. The molecule has 0 atom stereocenters. The van der Waals surface area contributed by atoms with Crippen LogP contribution in [0.25, 0.3) is 11.3 Å². The Balaban J connectivity index is 1.69. The number of hydrogen-bond acceptors (Lipinski definition) is 5. The van der Waals surface area contributed by atoms with Crippen molar-refractivity contribution in [3.8, 4) is 17.1 Å². The summed E-state index contributed by atoms with van der Waals surface area (Å²) in [6.45, 7) is 0.153. The molecule has 0 saturated heterocycles. The number of nitrogens with zero attached hydrogens (tertiary/aromatic N) is 1. The Hall–Kier alpha value is -3.35. The second-order valence-corrected chi connectivity index (χ2v) is 5.01. The SMILES string of the molecule is COc1cccc(-c2cc(CNC(=O)c3ccc[nH]c3=O)no2)c1. The average Bonchev–Trinajstić information content (AvgIpc) is 3.09. The predicted octanol–water partition coefficient (Wildman–Crippen LogP) is 1.97. The first kappa shape index (κ1) is 15.5. The Morgan fingerprint density at radius 3 is 2.96 bits per heavy atom. The van der Waals surface area contributed by atoms with Crippen LogP contribution < -0.4 is 15.6 Å². The number of H-pyrrole nitrogens is 1. The largest absolute Gasteiger partial charge is 0.497 e. The van der Waals surface area contributed by atoms with Crippen molar-refractivity contribution in [3.63, 3.8) is 0 Å². The molecule has 2 heterocycles. The summed E-state index contributed by atoms with van der Waals surface area (Å²) in [4.78, 5) is 26.0. The van der Waals surface area contributed by atoms with Gasteiger partial charge in [0.2, 0.25) is 0 Å². The molecular formula is C17H15N3O4. The number of methoxy groups -OCH3 is 1. The Bertz CT molecular complexity index is 914.